The molecule has 3 amide bonds. The molecular weight excluding hydrogens is 470 g/mol. The summed E-state index contributed by atoms with van der Waals surface area (Å²) in [5.41, 5.74) is 3.13. The van der Waals surface area contributed by atoms with Crippen LogP contribution in [0, 0.1) is 0 Å². The maximum atomic E-state index is 13.6. The Morgan fingerprint density at radius 3 is 2.30 bits per heavy atom. The molecule has 0 spiro atoms. The van der Waals surface area contributed by atoms with Gasteiger partial charge in [0.25, 0.3) is 11.8 Å². The summed E-state index contributed by atoms with van der Waals surface area (Å²) in [6, 6.07) is 4.24. The van der Waals surface area contributed by atoms with Crippen LogP contribution in [0.5, 0.6) is 0 Å². The van der Waals surface area contributed by atoms with Crippen LogP contribution in [0.25, 0.3) is 11.0 Å². The molecule has 4 aliphatic rings. The Morgan fingerprint density at radius 1 is 0.892 bits per heavy atom. The van der Waals surface area contributed by atoms with Gasteiger partial charge in [0, 0.05) is 39.3 Å². The zero-order valence-corrected chi connectivity index (χ0v) is 21.7. The summed E-state index contributed by atoms with van der Waals surface area (Å²) < 4.78 is 1.80. The number of aliphatic hydroxyl groups excluding tert-OH is 1. The van der Waals surface area contributed by atoms with Crippen LogP contribution < -0.4 is 0 Å². The molecular formula is C28H37N5O4. The number of carbonyl (C=O) groups excluding carboxylic acids is 3. The molecule has 1 N–H and O–H groups in total. The Kier molecular flexibility index (Phi) is 6.42. The van der Waals surface area contributed by atoms with E-state index in [2.05, 4.69) is 6.07 Å². The smallest absolute Gasteiger partial charge is 0.290 e. The van der Waals surface area contributed by atoms with Crippen molar-refractivity contribution in [3.63, 3.8) is 0 Å². The Morgan fingerprint density at radius 2 is 1.62 bits per heavy atom. The molecule has 2 saturated heterocycles. The molecule has 0 radical (unpaired) electrons. The second-order valence-corrected chi connectivity index (χ2v) is 11.3. The molecule has 2 aliphatic carbocycles. The van der Waals surface area contributed by atoms with Gasteiger partial charge in [-0.15, -0.1) is 0 Å². The number of piperidine rings is 1. The predicted octanol–water partition coefficient (Wildman–Crippen LogP) is 2.66. The molecule has 0 atom stereocenters. The van der Waals surface area contributed by atoms with Crippen LogP contribution >= 0.6 is 0 Å². The predicted molar refractivity (Wildman–Crippen MR) is 138 cm³/mol. The number of hydrogen-bond donors (Lipinski definition) is 1. The van der Waals surface area contributed by atoms with Crippen molar-refractivity contribution in [1.29, 1.82) is 0 Å². The van der Waals surface area contributed by atoms with E-state index in [9.17, 15) is 19.5 Å². The summed E-state index contributed by atoms with van der Waals surface area (Å²) in [5.74, 6) is 0.438. The van der Waals surface area contributed by atoms with Crippen molar-refractivity contribution in [2.75, 3.05) is 32.7 Å². The van der Waals surface area contributed by atoms with E-state index >= 15 is 0 Å². The highest BCUT2D eigenvalue weighted by molar-refractivity contribution is 6.07. The van der Waals surface area contributed by atoms with E-state index in [0.717, 1.165) is 82.0 Å². The third-order valence-corrected chi connectivity index (χ3v) is 8.77. The summed E-state index contributed by atoms with van der Waals surface area (Å²) in [6.45, 7) is 2.52. The number of likely N-dealkylation sites (tertiary alicyclic amines) is 1. The minimum Gasteiger partial charge on any atom is -0.393 e. The number of aliphatic hydroxyl groups is 1. The molecule has 6 rings (SSSR count). The van der Waals surface area contributed by atoms with Gasteiger partial charge in [-0.3, -0.25) is 14.4 Å². The first-order valence-corrected chi connectivity index (χ1v) is 14.0. The average Bonchev–Trinajstić information content (AvgIpc) is 3.72. The molecule has 4 fully saturated rings. The van der Waals surface area contributed by atoms with Gasteiger partial charge >= 0.3 is 0 Å². The van der Waals surface area contributed by atoms with Gasteiger partial charge in [-0.1, -0.05) is 0 Å². The van der Waals surface area contributed by atoms with Crippen molar-refractivity contribution < 1.29 is 19.5 Å². The SMILES string of the molecule is Cn1c(C(=O)N2CCN(C3CCC(O)CC3)C(=O)C2)nc2c(C(=O)N3CCCCC3)cc(C3CC3)cc21. The topological polar surface area (TPSA) is 99.0 Å². The van der Waals surface area contributed by atoms with E-state index in [1.165, 1.54) is 0 Å². The third-order valence-electron chi connectivity index (χ3n) is 8.77. The first kappa shape index (κ1) is 24.4. The van der Waals surface area contributed by atoms with Crippen LogP contribution in [0.4, 0.5) is 0 Å². The molecule has 9 nitrogen and oxygen atoms in total. The molecule has 9 heteroatoms. The lowest BCUT2D eigenvalue weighted by molar-refractivity contribution is -0.138. The Bertz CT molecular complexity index is 1220. The summed E-state index contributed by atoms with van der Waals surface area (Å²) in [6.07, 6.45) is 8.23. The first-order chi connectivity index (χ1) is 17.9. The van der Waals surface area contributed by atoms with Gasteiger partial charge in [-0.25, -0.2) is 4.98 Å². The second-order valence-electron chi connectivity index (χ2n) is 11.3. The molecule has 37 heavy (non-hydrogen) atoms. The average molecular weight is 508 g/mol. The number of rotatable bonds is 4. The van der Waals surface area contributed by atoms with Gasteiger partial charge in [-0.05, 0) is 81.4 Å². The second kappa shape index (κ2) is 9.74. The molecule has 0 bridgehead atoms. The fraction of sp³-hybridized carbons (Fsp3) is 0.643. The summed E-state index contributed by atoms with van der Waals surface area (Å²) in [4.78, 5) is 50.3. The van der Waals surface area contributed by atoms with Crippen LogP contribution in [-0.2, 0) is 11.8 Å². The van der Waals surface area contributed by atoms with Gasteiger partial charge in [0.1, 0.15) is 12.1 Å². The third kappa shape index (κ3) is 4.62. The molecule has 2 aromatic rings. The molecule has 198 valence electrons. The highest BCUT2D eigenvalue weighted by Gasteiger charge is 2.36. The molecule has 1 aromatic heterocycles. The lowest BCUT2D eigenvalue weighted by atomic mass is 9.91. The van der Waals surface area contributed by atoms with Gasteiger partial charge < -0.3 is 24.4 Å². The summed E-state index contributed by atoms with van der Waals surface area (Å²) >= 11 is 0. The summed E-state index contributed by atoms with van der Waals surface area (Å²) in [7, 11) is 1.83. The van der Waals surface area contributed by atoms with E-state index in [1.54, 1.807) is 9.47 Å². The number of hydrogen-bond acceptors (Lipinski definition) is 5. The van der Waals surface area contributed by atoms with Crippen LogP contribution in [0.15, 0.2) is 12.1 Å². The number of aromatic nitrogens is 2. The Balaban J connectivity index is 1.26. The monoisotopic (exact) mass is 507 g/mol. The Labute approximate surface area is 217 Å². The van der Waals surface area contributed by atoms with Crippen LogP contribution in [0.2, 0.25) is 0 Å². The summed E-state index contributed by atoms with van der Waals surface area (Å²) in [5, 5.41) is 9.81. The molecule has 3 heterocycles. The van der Waals surface area contributed by atoms with Crippen LogP contribution in [0.1, 0.15) is 90.2 Å². The molecule has 0 unspecified atom stereocenters. The fourth-order valence-corrected chi connectivity index (χ4v) is 6.34. The maximum absolute atomic E-state index is 13.6. The van der Waals surface area contributed by atoms with Crippen LogP contribution in [0.3, 0.4) is 0 Å². The maximum Gasteiger partial charge on any atom is 0.290 e. The van der Waals surface area contributed by atoms with Gasteiger partial charge in [0.05, 0.1) is 17.2 Å². The van der Waals surface area contributed by atoms with Gasteiger partial charge in [0.15, 0.2) is 5.82 Å². The highest BCUT2D eigenvalue weighted by atomic mass is 16.3. The quantitative estimate of drug-likeness (QED) is 0.686. The van der Waals surface area contributed by atoms with Crippen molar-refractivity contribution in [1.82, 2.24) is 24.3 Å². The lowest BCUT2D eigenvalue weighted by Gasteiger charge is -2.41. The zero-order chi connectivity index (χ0) is 25.7. The minimum absolute atomic E-state index is 0.00527. The normalized spacial score (nSPS) is 25.1. The standard InChI is InChI=1S/C28H37N5O4/c1-30-23-16-19(18-5-6-18)15-22(27(36)31-11-3-2-4-12-31)25(23)29-26(30)28(37)32-13-14-33(24(35)17-32)20-7-9-21(34)10-8-20/h15-16,18,20-21,34H,2-14,17H2,1H3. The highest BCUT2D eigenvalue weighted by Crippen LogP contribution is 2.42. The largest absolute Gasteiger partial charge is 0.393 e. The zero-order valence-electron chi connectivity index (χ0n) is 21.7. The van der Waals surface area contributed by atoms with Crippen molar-refractivity contribution >= 4 is 28.8 Å². The van der Waals surface area contributed by atoms with E-state index in [4.69, 9.17) is 4.98 Å². The van der Waals surface area contributed by atoms with Crippen molar-refractivity contribution in [3.8, 4) is 0 Å². The Hall–Kier alpha value is -2.94. The van der Waals surface area contributed by atoms with E-state index in [1.807, 2.05) is 22.9 Å². The fourth-order valence-electron chi connectivity index (χ4n) is 6.34. The van der Waals surface area contributed by atoms with E-state index in [0.29, 0.717) is 30.1 Å². The van der Waals surface area contributed by atoms with Crippen molar-refractivity contribution in [2.24, 2.45) is 7.05 Å². The lowest BCUT2D eigenvalue weighted by Crippen LogP contribution is -2.56. The minimum atomic E-state index is -0.268. The number of amides is 3. The van der Waals surface area contributed by atoms with Crippen molar-refractivity contribution in [2.45, 2.75) is 75.9 Å². The van der Waals surface area contributed by atoms with Crippen LogP contribution in [-0.4, -0.2) is 91.9 Å². The van der Waals surface area contributed by atoms with E-state index in [-0.39, 0.29) is 42.2 Å². The number of benzene rings is 1. The first-order valence-electron chi connectivity index (χ1n) is 14.0. The number of carbonyl (C=O) groups is 3. The number of nitrogens with zero attached hydrogens (tertiary/aromatic N) is 5. The van der Waals surface area contributed by atoms with Gasteiger partial charge in [-0.2, -0.15) is 0 Å². The molecule has 1 aromatic carbocycles. The number of aryl methyl sites for hydroxylation is 1. The molecule has 2 saturated carbocycles. The number of imidazole rings is 1. The van der Waals surface area contributed by atoms with Crippen molar-refractivity contribution in [3.05, 3.63) is 29.1 Å². The van der Waals surface area contributed by atoms with Gasteiger partial charge in [0.2, 0.25) is 5.91 Å². The number of fused-ring (bicyclic) bond motifs is 1. The molecule has 2 aliphatic heterocycles. The number of piperazine rings is 1. The van der Waals surface area contributed by atoms with E-state index < -0.39 is 0 Å².